The minimum atomic E-state index is -4.57. The first-order valence-corrected chi connectivity index (χ1v) is 5.52. The van der Waals surface area contributed by atoms with Gasteiger partial charge in [0.05, 0.1) is 11.3 Å². The van der Waals surface area contributed by atoms with Crippen molar-refractivity contribution in [1.29, 1.82) is 0 Å². The second-order valence-corrected chi connectivity index (χ2v) is 4.16. The van der Waals surface area contributed by atoms with Crippen LogP contribution >= 0.6 is 0 Å². The molecule has 1 N–H and O–H groups in total. The maximum Gasteiger partial charge on any atom is 0.416 e. The van der Waals surface area contributed by atoms with Crippen molar-refractivity contribution in [3.05, 3.63) is 29.6 Å². The van der Waals surface area contributed by atoms with Gasteiger partial charge in [-0.25, -0.2) is 4.39 Å². The lowest BCUT2D eigenvalue weighted by Gasteiger charge is -2.12. The van der Waals surface area contributed by atoms with Gasteiger partial charge < -0.3 is 10.2 Å². The van der Waals surface area contributed by atoms with Crippen LogP contribution in [0.4, 0.5) is 23.2 Å². The van der Waals surface area contributed by atoms with Gasteiger partial charge >= 0.3 is 6.18 Å². The SMILES string of the molecule is CN(C)C(=O)CCNc1ccc(C(F)(F)F)cc1F. The van der Waals surface area contributed by atoms with Gasteiger partial charge in [-0.15, -0.1) is 0 Å². The van der Waals surface area contributed by atoms with E-state index >= 15 is 0 Å². The zero-order chi connectivity index (χ0) is 14.6. The molecule has 3 nitrogen and oxygen atoms in total. The van der Waals surface area contributed by atoms with E-state index in [1.165, 1.54) is 4.90 Å². The molecule has 0 radical (unpaired) electrons. The van der Waals surface area contributed by atoms with Crippen LogP contribution in [0, 0.1) is 5.82 Å². The predicted molar refractivity (Wildman–Crippen MR) is 63.2 cm³/mol. The fraction of sp³-hybridized carbons (Fsp3) is 0.417. The predicted octanol–water partition coefficient (Wildman–Crippen LogP) is 2.73. The van der Waals surface area contributed by atoms with Crippen LogP contribution in [-0.4, -0.2) is 31.4 Å². The second kappa shape index (κ2) is 5.90. The molecular formula is C12H14F4N2O. The summed E-state index contributed by atoms with van der Waals surface area (Å²) in [6.07, 6.45) is -4.44. The van der Waals surface area contributed by atoms with E-state index in [-0.39, 0.29) is 24.6 Å². The van der Waals surface area contributed by atoms with Crippen molar-refractivity contribution in [2.24, 2.45) is 0 Å². The van der Waals surface area contributed by atoms with E-state index in [0.29, 0.717) is 6.07 Å². The lowest BCUT2D eigenvalue weighted by molar-refractivity contribution is -0.137. The van der Waals surface area contributed by atoms with E-state index in [2.05, 4.69) is 5.32 Å². The molecule has 19 heavy (non-hydrogen) atoms. The summed E-state index contributed by atoms with van der Waals surface area (Å²) in [4.78, 5) is 12.6. The summed E-state index contributed by atoms with van der Waals surface area (Å²) in [5, 5.41) is 2.59. The molecule has 0 aromatic heterocycles. The van der Waals surface area contributed by atoms with Gasteiger partial charge in [-0.3, -0.25) is 4.79 Å². The maximum atomic E-state index is 13.4. The Labute approximate surface area is 108 Å². The molecule has 7 heteroatoms. The quantitative estimate of drug-likeness (QED) is 0.859. The van der Waals surface area contributed by atoms with Crippen molar-refractivity contribution in [2.75, 3.05) is 26.0 Å². The summed E-state index contributed by atoms with van der Waals surface area (Å²) < 4.78 is 50.3. The van der Waals surface area contributed by atoms with Crippen molar-refractivity contribution >= 4 is 11.6 Å². The molecular weight excluding hydrogens is 264 g/mol. The monoisotopic (exact) mass is 278 g/mol. The summed E-state index contributed by atoms with van der Waals surface area (Å²) in [6, 6.07) is 2.23. The number of anilines is 1. The summed E-state index contributed by atoms with van der Waals surface area (Å²) in [5.74, 6) is -1.15. The zero-order valence-electron chi connectivity index (χ0n) is 10.5. The fourth-order valence-corrected chi connectivity index (χ4v) is 1.36. The number of rotatable bonds is 4. The Morgan fingerprint density at radius 3 is 2.42 bits per heavy atom. The third-order valence-electron chi connectivity index (χ3n) is 2.45. The Bertz CT molecular complexity index is 458. The average molecular weight is 278 g/mol. The lowest BCUT2D eigenvalue weighted by atomic mass is 10.2. The molecule has 106 valence electrons. The number of hydrogen-bond acceptors (Lipinski definition) is 2. The van der Waals surface area contributed by atoms with Crippen LogP contribution < -0.4 is 5.32 Å². The van der Waals surface area contributed by atoms with Crippen molar-refractivity contribution in [2.45, 2.75) is 12.6 Å². The third-order valence-corrected chi connectivity index (χ3v) is 2.45. The van der Waals surface area contributed by atoms with Gasteiger partial charge in [0.1, 0.15) is 5.82 Å². The van der Waals surface area contributed by atoms with E-state index in [1.807, 2.05) is 0 Å². The first kappa shape index (κ1) is 15.3. The van der Waals surface area contributed by atoms with Crippen LogP contribution in [0.5, 0.6) is 0 Å². The molecule has 1 aromatic carbocycles. The molecule has 1 rings (SSSR count). The second-order valence-electron chi connectivity index (χ2n) is 4.16. The summed E-state index contributed by atoms with van der Waals surface area (Å²) in [5.41, 5.74) is -1.10. The number of alkyl halides is 3. The van der Waals surface area contributed by atoms with Gasteiger partial charge in [0.2, 0.25) is 5.91 Å². The van der Waals surface area contributed by atoms with Gasteiger partial charge in [-0.05, 0) is 18.2 Å². The van der Waals surface area contributed by atoms with Crippen molar-refractivity contribution in [3.63, 3.8) is 0 Å². The number of carbonyl (C=O) groups excluding carboxylic acids is 1. The number of amides is 1. The van der Waals surface area contributed by atoms with Crippen LogP contribution in [-0.2, 0) is 11.0 Å². The van der Waals surface area contributed by atoms with E-state index in [4.69, 9.17) is 0 Å². The Balaban J connectivity index is 2.64. The summed E-state index contributed by atoms with van der Waals surface area (Å²) in [6.45, 7) is 0.152. The molecule has 0 heterocycles. The molecule has 0 aliphatic rings. The molecule has 0 aliphatic carbocycles. The number of nitrogens with one attached hydrogen (secondary N) is 1. The van der Waals surface area contributed by atoms with Crippen LogP contribution in [0.25, 0.3) is 0 Å². The molecule has 0 fully saturated rings. The number of halogens is 4. The third kappa shape index (κ3) is 4.42. The molecule has 0 unspecified atom stereocenters. The topological polar surface area (TPSA) is 32.3 Å². The van der Waals surface area contributed by atoms with E-state index in [0.717, 1.165) is 12.1 Å². The van der Waals surface area contributed by atoms with Crippen LogP contribution in [0.3, 0.4) is 0 Å². The first-order chi connectivity index (χ1) is 8.71. The maximum absolute atomic E-state index is 13.4. The Kier molecular flexibility index (Phi) is 4.74. The highest BCUT2D eigenvalue weighted by atomic mass is 19.4. The number of benzene rings is 1. The fourth-order valence-electron chi connectivity index (χ4n) is 1.36. The molecule has 0 atom stereocenters. The van der Waals surface area contributed by atoms with Crippen LogP contribution in [0.15, 0.2) is 18.2 Å². The van der Waals surface area contributed by atoms with Crippen molar-refractivity contribution in [3.8, 4) is 0 Å². The van der Waals surface area contributed by atoms with E-state index in [9.17, 15) is 22.4 Å². The standard InChI is InChI=1S/C12H14F4N2O/c1-18(2)11(19)5-6-17-10-4-3-8(7-9(10)13)12(14,15)16/h3-4,7,17H,5-6H2,1-2H3. The average Bonchev–Trinajstić information content (AvgIpc) is 2.29. The molecule has 0 aliphatic heterocycles. The molecule has 1 aromatic rings. The van der Waals surface area contributed by atoms with E-state index in [1.54, 1.807) is 14.1 Å². The number of carbonyl (C=O) groups is 1. The highest BCUT2D eigenvalue weighted by Gasteiger charge is 2.31. The number of hydrogen-bond donors (Lipinski definition) is 1. The largest absolute Gasteiger partial charge is 0.416 e. The summed E-state index contributed by atoms with van der Waals surface area (Å²) in [7, 11) is 3.17. The van der Waals surface area contributed by atoms with Crippen molar-refractivity contribution < 1.29 is 22.4 Å². The normalized spacial score (nSPS) is 11.3. The Morgan fingerprint density at radius 1 is 1.32 bits per heavy atom. The smallest absolute Gasteiger partial charge is 0.382 e. The molecule has 1 amide bonds. The van der Waals surface area contributed by atoms with Gasteiger partial charge in [-0.2, -0.15) is 13.2 Å². The van der Waals surface area contributed by atoms with Gasteiger partial charge in [0.25, 0.3) is 0 Å². The van der Waals surface area contributed by atoms with Crippen LogP contribution in [0.2, 0.25) is 0 Å². The summed E-state index contributed by atoms with van der Waals surface area (Å²) >= 11 is 0. The Hall–Kier alpha value is -1.79. The lowest BCUT2D eigenvalue weighted by Crippen LogP contribution is -2.24. The number of nitrogens with zero attached hydrogens (tertiary/aromatic N) is 1. The Morgan fingerprint density at radius 2 is 1.95 bits per heavy atom. The van der Waals surface area contributed by atoms with Gasteiger partial charge in [0, 0.05) is 27.1 Å². The molecule has 0 bridgehead atoms. The van der Waals surface area contributed by atoms with Crippen LogP contribution in [0.1, 0.15) is 12.0 Å². The molecule has 0 saturated heterocycles. The molecule has 0 saturated carbocycles. The molecule has 0 spiro atoms. The minimum absolute atomic E-state index is 0.0560. The minimum Gasteiger partial charge on any atom is -0.382 e. The zero-order valence-corrected chi connectivity index (χ0v) is 10.5. The first-order valence-electron chi connectivity index (χ1n) is 5.52. The van der Waals surface area contributed by atoms with E-state index < -0.39 is 17.6 Å². The highest BCUT2D eigenvalue weighted by Crippen LogP contribution is 2.31. The van der Waals surface area contributed by atoms with Gasteiger partial charge in [0.15, 0.2) is 0 Å². The highest BCUT2D eigenvalue weighted by molar-refractivity contribution is 5.76. The van der Waals surface area contributed by atoms with Crippen molar-refractivity contribution in [1.82, 2.24) is 4.90 Å². The van der Waals surface area contributed by atoms with Gasteiger partial charge in [-0.1, -0.05) is 0 Å².